The van der Waals surface area contributed by atoms with E-state index in [1.165, 1.54) is 6.92 Å². The minimum atomic E-state index is -0.836. The fraction of sp³-hybridized carbons (Fsp3) is 0.222. The smallest absolute Gasteiger partial charge is 0.307 e. The summed E-state index contributed by atoms with van der Waals surface area (Å²) in [5, 5.41) is 35.0. The van der Waals surface area contributed by atoms with Gasteiger partial charge in [0.25, 0.3) is 5.69 Å². The Labute approximate surface area is 164 Å². The van der Waals surface area contributed by atoms with Crippen molar-refractivity contribution in [2.75, 3.05) is 11.9 Å². The molecule has 0 atom stereocenters. The van der Waals surface area contributed by atoms with Crippen molar-refractivity contribution in [1.29, 1.82) is 0 Å². The van der Waals surface area contributed by atoms with Gasteiger partial charge in [-0.2, -0.15) is 0 Å². The highest BCUT2D eigenvalue weighted by Gasteiger charge is 2.32. The molecule has 0 fully saturated rings. The molecule has 11 nitrogen and oxygen atoms in total. The Kier molecular flexibility index (Phi) is 6.12. The molecular weight excluding hydrogens is 386 g/mol. The predicted molar refractivity (Wildman–Crippen MR) is 102 cm³/mol. The zero-order valence-electron chi connectivity index (χ0n) is 15.7. The number of benzene rings is 2. The van der Waals surface area contributed by atoms with Crippen molar-refractivity contribution < 1.29 is 29.3 Å². The molecule has 0 saturated carbocycles. The van der Waals surface area contributed by atoms with E-state index >= 15 is 0 Å². The summed E-state index contributed by atoms with van der Waals surface area (Å²) in [6, 6.07) is 4.26. The lowest BCUT2D eigenvalue weighted by Crippen LogP contribution is -2.12. The van der Waals surface area contributed by atoms with Gasteiger partial charge in [0, 0.05) is 0 Å². The second kappa shape index (κ2) is 8.33. The zero-order chi connectivity index (χ0) is 21.9. The Balaban J connectivity index is 2.85. The summed E-state index contributed by atoms with van der Waals surface area (Å²) in [5.74, 6) is -1.83. The lowest BCUT2D eigenvalue weighted by atomic mass is 9.99. The third-order valence-electron chi connectivity index (χ3n) is 3.90. The van der Waals surface area contributed by atoms with Gasteiger partial charge in [0.2, 0.25) is 0 Å². The largest absolute Gasteiger partial charge is 0.508 e. The first-order valence-electron chi connectivity index (χ1n) is 8.32. The van der Waals surface area contributed by atoms with Crippen LogP contribution in [0, 0.1) is 20.2 Å². The molecule has 0 spiro atoms. The van der Waals surface area contributed by atoms with Crippen LogP contribution >= 0.6 is 0 Å². The van der Waals surface area contributed by atoms with Gasteiger partial charge in [0.1, 0.15) is 28.4 Å². The van der Waals surface area contributed by atoms with Crippen molar-refractivity contribution in [2.45, 2.75) is 20.8 Å². The number of carbonyl (C=O) groups is 2. The van der Waals surface area contributed by atoms with Gasteiger partial charge in [-0.1, -0.05) is 0 Å². The average Bonchev–Trinajstić information content (AvgIpc) is 2.62. The van der Waals surface area contributed by atoms with E-state index in [1.54, 1.807) is 6.92 Å². The number of nitrogens with zero attached hydrogens (tertiary/aromatic N) is 2. The SMILES string of the molecule is CCOc1c(C(C)=O)cc(Nc2ccc(O)cc2[N+](=O)[O-])c([N+](=O)[O-])c1C(C)=O. The number of carbonyl (C=O) groups excluding carboxylic acids is 2. The number of anilines is 2. The molecule has 0 amide bonds. The van der Waals surface area contributed by atoms with Crippen LogP contribution < -0.4 is 10.1 Å². The highest BCUT2D eigenvalue weighted by atomic mass is 16.6. The molecule has 11 heteroatoms. The van der Waals surface area contributed by atoms with Gasteiger partial charge in [0.15, 0.2) is 11.6 Å². The first kappa shape index (κ1) is 21.3. The van der Waals surface area contributed by atoms with Gasteiger partial charge in [-0.15, -0.1) is 0 Å². The predicted octanol–water partition coefficient (Wildman–Crippen LogP) is 3.76. The molecular formula is C18H17N3O8. The van der Waals surface area contributed by atoms with E-state index in [1.807, 2.05) is 0 Å². The fourth-order valence-corrected chi connectivity index (χ4v) is 2.74. The molecule has 0 aliphatic rings. The quantitative estimate of drug-likeness (QED) is 0.289. The van der Waals surface area contributed by atoms with E-state index in [-0.39, 0.29) is 35.0 Å². The number of aromatic hydroxyl groups is 1. The molecule has 2 rings (SSSR count). The Morgan fingerprint density at radius 2 is 1.72 bits per heavy atom. The van der Waals surface area contributed by atoms with Crippen molar-refractivity contribution >= 4 is 34.3 Å². The van der Waals surface area contributed by atoms with Gasteiger partial charge in [-0.05, 0) is 39.0 Å². The molecule has 0 aliphatic heterocycles. The van der Waals surface area contributed by atoms with Crippen LogP contribution in [-0.4, -0.2) is 33.1 Å². The van der Waals surface area contributed by atoms with E-state index in [2.05, 4.69) is 5.32 Å². The molecule has 29 heavy (non-hydrogen) atoms. The topological polar surface area (TPSA) is 162 Å². The van der Waals surface area contributed by atoms with E-state index in [0.717, 1.165) is 31.2 Å². The number of nitro benzene ring substituents is 2. The third-order valence-corrected chi connectivity index (χ3v) is 3.90. The van der Waals surface area contributed by atoms with Crippen LogP contribution in [0.3, 0.4) is 0 Å². The average molecular weight is 403 g/mol. The molecule has 2 aromatic rings. The van der Waals surface area contributed by atoms with Crippen molar-refractivity contribution in [3.63, 3.8) is 0 Å². The molecule has 0 bridgehead atoms. The summed E-state index contributed by atoms with van der Waals surface area (Å²) in [6.45, 7) is 3.92. The van der Waals surface area contributed by atoms with Crippen LogP contribution in [0.1, 0.15) is 41.5 Å². The molecule has 2 aromatic carbocycles. The highest BCUT2D eigenvalue weighted by molar-refractivity contribution is 6.09. The molecule has 0 aromatic heterocycles. The minimum Gasteiger partial charge on any atom is -0.508 e. The first-order chi connectivity index (χ1) is 13.6. The fourth-order valence-electron chi connectivity index (χ4n) is 2.74. The standard InChI is InChI=1S/C18H17N3O8/c1-4-29-18-12(9(2)22)8-14(17(21(27)28)16(18)10(3)23)19-13-6-5-11(24)7-15(13)20(25)26/h5-8,19,24H,4H2,1-3H3. The first-order valence-corrected chi connectivity index (χ1v) is 8.32. The normalized spacial score (nSPS) is 10.3. The summed E-state index contributed by atoms with van der Waals surface area (Å²) in [6.07, 6.45) is 0. The minimum absolute atomic E-state index is 0.0495. The maximum absolute atomic E-state index is 12.2. The van der Waals surface area contributed by atoms with Crippen molar-refractivity contribution in [1.82, 2.24) is 0 Å². The Morgan fingerprint density at radius 3 is 2.21 bits per heavy atom. The summed E-state index contributed by atoms with van der Waals surface area (Å²) in [4.78, 5) is 45.7. The van der Waals surface area contributed by atoms with Gasteiger partial charge in [-0.25, -0.2) is 0 Å². The number of phenolic OH excluding ortho intramolecular Hbond substituents is 1. The number of ether oxygens (including phenoxy) is 1. The Hall–Kier alpha value is -4.02. The van der Waals surface area contributed by atoms with Crippen LogP contribution in [0.2, 0.25) is 0 Å². The number of rotatable bonds is 8. The monoisotopic (exact) mass is 403 g/mol. The van der Waals surface area contributed by atoms with Crippen LogP contribution in [0.4, 0.5) is 22.7 Å². The number of phenols is 1. The number of nitro groups is 2. The van der Waals surface area contributed by atoms with E-state index in [0.29, 0.717) is 0 Å². The maximum Gasteiger partial charge on any atom is 0.307 e. The van der Waals surface area contributed by atoms with Gasteiger partial charge >= 0.3 is 5.69 Å². The molecule has 0 heterocycles. The van der Waals surface area contributed by atoms with Crippen LogP contribution in [-0.2, 0) is 0 Å². The molecule has 0 radical (unpaired) electrons. The van der Waals surface area contributed by atoms with Crippen molar-refractivity contribution in [3.8, 4) is 11.5 Å². The second-order valence-corrected chi connectivity index (χ2v) is 5.91. The molecule has 0 aliphatic carbocycles. The van der Waals surface area contributed by atoms with E-state index in [4.69, 9.17) is 4.74 Å². The van der Waals surface area contributed by atoms with E-state index < -0.39 is 38.4 Å². The number of hydrogen-bond acceptors (Lipinski definition) is 9. The summed E-state index contributed by atoms with van der Waals surface area (Å²) >= 11 is 0. The third kappa shape index (κ3) is 4.29. The highest BCUT2D eigenvalue weighted by Crippen LogP contribution is 2.42. The van der Waals surface area contributed by atoms with Crippen LogP contribution in [0.5, 0.6) is 11.5 Å². The van der Waals surface area contributed by atoms with Crippen molar-refractivity contribution in [2.24, 2.45) is 0 Å². The Bertz CT molecular complexity index is 1030. The summed E-state index contributed by atoms with van der Waals surface area (Å²) < 4.78 is 5.35. The summed E-state index contributed by atoms with van der Waals surface area (Å²) in [7, 11) is 0. The zero-order valence-corrected chi connectivity index (χ0v) is 15.7. The summed E-state index contributed by atoms with van der Waals surface area (Å²) in [5.41, 5.74) is -2.23. The molecule has 152 valence electrons. The second-order valence-electron chi connectivity index (χ2n) is 5.91. The lowest BCUT2D eigenvalue weighted by molar-refractivity contribution is -0.384. The molecule has 2 N–H and O–H groups in total. The van der Waals surface area contributed by atoms with Gasteiger partial charge in [-0.3, -0.25) is 29.8 Å². The number of hydrogen-bond donors (Lipinski definition) is 2. The van der Waals surface area contributed by atoms with Gasteiger partial charge < -0.3 is 15.2 Å². The van der Waals surface area contributed by atoms with Crippen molar-refractivity contribution in [3.05, 3.63) is 55.6 Å². The maximum atomic E-state index is 12.2. The lowest BCUT2D eigenvalue weighted by Gasteiger charge is -2.16. The number of Topliss-reactive ketones (excluding diaryl/α,β-unsaturated/α-hetero) is 2. The molecule has 0 saturated heterocycles. The number of ketones is 2. The van der Waals surface area contributed by atoms with Crippen LogP contribution in [0.15, 0.2) is 24.3 Å². The Morgan fingerprint density at radius 1 is 1.07 bits per heavy atom. The molecule has 0 unspecified atom stereocenters. The van der Waals surface area contributed by atoms with E-state index in [9.17, 15) is 34.9 Å². The number of nitrogens with one attached hydrogen (secondary N) is 1. The van der Waals surface area contributed by atoms with Gasteiger partial charge in [0.05, 0.1) is 28.1 Å². The van der Waals surface area contributed by atoms with Crippen LogP contribution in [0.25, 0.3) is 0 Å².